The van der Waals surface area contributed by atoms with Gasteiger partial charge in [0.2, 0.25) is 0 Å². The van der Waals surface area contributed by atoms with Crippen LogP contribution in [0.5, 0.6) is 0 Å². The van der Waals surface area contributed by atoms with Crippen molar-refractivity contribution in [3.05, 3.63) is 65.2 Å². The van der Waals surface area contributed by atoms with Crippen molar-refractivity contribution in [1.82, 2.24) is 29.3 Å². The number of aromatic nitrogens is 4. The lowest BCUT2D eigenvalue weighted by atomic mass is 10.1. The van der Waals surface area contributed by atoms with E-state index in [4.69, 9.17) is 33.9 Å². The first-order valence-electron chi connectivity index (χ1n) is 17.7. The number of carbonyl (C=O) groups excluding carboxylic acids is 2. The Morgan fingerprint density at radius 3 is 1.92 bits per heavy atom. The van der Waals surface area contributed by atoms with E-state index in [1.54, 1.807) is 13.8 Å². The number of halogens is 3. The second kappa shape index (κ2) is 18.2. The van der Waals surface area contributed by atoms with Gasteiger partial charge in [0, 0.05) is 24.5 Å². The molecule has 1 amide bonds. The topological polar surface area (TPSA) is 323 Å². The van der Waals surface area contributed by atoms with Crippen molar-refractivity contribution in [3.8, 4) is 0 Å². The van der Waals surface area contributed by atoms with Crippen LogP contribution in [0.4, 0.5) is 13.2 Å². The molecule has 0 bridgehead atoms. The molecule has 0 spiro atoms. The first kappa shape index (κ1) is 46.9. The van der Waals surface area contributed by atoms with Crippen LogP contribution >= 0.6 is 0 Å². The maximum atomic E-state index is 13.2. The third-order valence-corrected chi connectivity index (χ3v) is 8.68. The van der Waals surface area contributed by atoms with Gasteiger partial charge in [-0.05, 0) is 34.6 Å². The molecule has 0 saturated carbocycles. The lowest BCUT2D eigenvalue weighted by Gasteiger charge is -2.26. The van der Waals surface area contributed by atoms with Crippen molar-refractivity contribution in [2.45, 2.75) is 114 Å². The van der Waals surface area contributed by atoms with Crippen molar-refractivity contribution in [2.24, 2.45) is 0 Å². The molecule has 2 aromatic heterocycles. The number of alkyl halides is 3. The number of esters is 1. The molecule has 23 nitrogen and oxygen atoms in total. The number of carbonyl (C=O) groups is 3. The Morgan fingerprint density at radius 1 is 0.864 bits per heavy atom. The Hall–Kier alpha value is -4.80. The van der Waals surface area contributed by atoms with Crippen LogP contribution in [0, 0.1) is 0 Å². The van der Waals surface area contributed by atoms with Crippen LogP contribution in [0.25, 0.3) is 0 Å². The molecule has 3 fully saturated rings. The van der Waals surface area contributed by atoms with Crippen molar-refractivity contribution in [3.63, 3.8) is 0 Å². The second-order valence-electron chi connectivity index (χ2n) is 14.9. The minimum absolute atomic E-state index is 0.0450. The fourth-order valence-electron chi connectivity index (χ4n) is 6.23. The molecule has 3 aliphatic heterocycles. The largest absolute Gasteiger partial charge is 0.480 e. The highest BCUT2D eigenvalue weighted by molar-refractivity contribution is 5.85. The van der Waals surface area contributed by atoms with E-state index in [1.807, 2.05) is 9.97 Å². The Balaban J connectivity index is 0.000000288. The molecule has 26 heteroatoms. The molecule has 2 unspecified atom stereocenters. The number of carboxylic acids is 1. The molecule has 5 rings (SSSR count). The number of hydrogen-bond acceptors (Lipinski definition) is 17. The lowest BCUT2D eigenvalue weighted by molar-refractivity contribution is -0.200. The molecular weight excluding hydrogens is 809 g/mol. The highest BCUT2D eigenvalue weighted by atomic mass is 19.4. The molecule has 0 aromatic carbocycles. The summed E-state index contributed by atoms with van der Waals surface area (Å²) < 4.78 is 68.8. The Labute approximate surface area is 329 Å². The van der Waals surface area contributed by atoms with Crippen molar-refractivity contribution in [2.75, 3.05) is 26.3 Å². The van der Waals surface area contributed by atoms with Gasteiger partial charge >= 0.3 is 35.4 Å². The Morgan fingerprint density at radius 2 is 1.39 bits per heavy atom. The normalized spacial score (nSPS) is 26.2. The fraction of sp³-hybridized carbons (Fsp3) is 0.667. The van der Waals surface area contributed by atoms with Gasteiger partial charge in [0.15, 0.2) is 18.2 Å². The van der Waals surface area contributed by atoms with E-state index in [0.717, 1.165) is 21.5 Å². The molecule has 3 aliphatic rings. The van der Waals surface area contributed by atoms with Crippen LogP contribution < -0.4 is 27.8 Å². The van der Waals surface area contributed by atoms with Gasteiger partial charge < -0.3 is 59.4 Å². The minimum atomic E-state index is -5.35. The number of aliphatic carboxylic acids is 1. The molecular formula is C33H45F3N6O17. The maximum absolute atomic E-state index is 13.2. The van der Waals surface area contributed by atoms with Gasteiger partial charge in [-0.3, -0.25) is 43.1 Å². The summed E-state index contributed by atoms with van der Waals surface area (Å²) in [6, 6.07) is 0. The molecule has 8 atom stereocenters. The molecule has 0 radical (unpaired) electrons. The van der Waals surface area contributed by atoms with Crippen LogP contribution in [0.3, 0.4) is 0 Å². The number of fused-ring (bicyclic) bond motifs is 1. The summed E-state index contributed by atoms with van der Waals surface area (Å²) in [6.07, 6.45) is -12.3. The Bertz CT molecular complexity index is 2090. The van der Waals surface area contributed by atoms with Crippen LogP contribution in [-0.4, -0.2) is 148 Å². The minimum Gasteiger partial charge on any atom is -0.480 e. The predicted octanol–water partition coefficient (Wildman–Crippen LogP) is -3.50. The fourth-order valence-corrected chi connectivity index (χ4v) is 6.23. The van der Waals surface area contributed by atoms with Gasteiger partial charge in [0.05, 0.1) is 31.9 Å². The molecule has 59 heavy (non-hydrogen) atoms. The molecule has 2 aromatic rings. The molecule has 5 heterocycles. The number of nitrogens with zero attached hydrogens (tertiary/aromatic N) is 3. The first-order chi connectivity index (χ1) is 27.3. The SMILES string of the molecule is CC(C)(C)OC(=O)CN(Cc1cn([C@@H]2O[C@H](CO)[C@@H]3OC(C)(C)OC32)c(=O)[nH]c1=O)C(=O)C(F)(F)F.O=C(O)CNCc1cn([C@@H]2O[C@H](CO)[C@H](O)C2O)c(=O)[nH]c1=O. The van der Waals surface area contributed by atoms with Crippen LogP contribution in [0.1, 0.15) is 58.2 Å². The third-order valence-electron chi connectivity index (χ3n) is 8.68. The van der Waals surface area contributed by atoms with E-state index >= 15 is 0 Å². The second-order valence-corrected chi connectivity index (χ2v) is 14.9. The highest BCUT2D eigenvalue weighted by Gasteiger charge is 2.56. The van der Waals surface area contributed by atoms with E-state index in [9.17, 15) is 62.1 Å². The zero-order chi connectivity index (χ0) is 44.4. The van der Waals surface area contributed by atoms with Crippen molar-refractivity contribution >= 4 is 17.8 Å². The molecule has 330 valence electrons. The van der Waals surface area contributed by atoms with Crippen LogP contribution in [0.15, 0.2) is 31.6 Å². The molecule has 0 aliphatic carbocycles. The molecule has 8 N–H and O–H groups in total. The number of amides is 1. The van der Waals surface area contributed by atoms with E-state index in [1.165, 1.54) is 20.8 Å². The Kier molecular flexibility index (Phi) is 14.5. The zero-order valence-corrected chi connectivity index (χ0v) is 32.1. The van der Waals surface area contributed by atoms with Crippen molar-refractivity contribution in [1.29, 1.82) is 0 Å². The number of aromatic amines is 2. The summed E-state index contributed by atoms with van der Waals surface area (Å²) in [5, 5.41) is 49.3. The first-order valence-corrected chi connectivity index (χ1v) is 17.7. The standard InChI is InChI=1S/C21H28F3N3O9.C12H17N3O8/c1-19(2,3)34-12(29)8-26(17(31)21(22,23)24)6-10-7-27(18(32)25-15(10)30)16-14-13(11(9-28)33-16)35-20(4,5)36-14;16-4-6-8(19)9(20)11(23-6)15-3-5(1-13-2-7(17)18)10(21)14-12(15)22/h7,11,13-14,16,28H,6,8-9H2,1-5H3,(H,25,30,32);3,6,8-9,11,13,16,19-20H,1-2,4H2,(H,17,18)(H,14,21,22)/t11-,13+,14?,16-;6-,8+,9?,11-/m11/s1. The van der Waals surface area contributed by atoms with E-state index < -0.39 is 139 Å². The smallest absolute Gasteiger partial charge is 0.471 e. The van der Waals surface area contributed by atoms with E-state index in [-0.39, 0.29) is 23.6 Å². The summed E-state index contributed by atoms with van der Waals surface area (Å²) in [5.41, 5.74) is -5.06. The summed E-state index contributed by atoms with van der Waals surface area (Å²) in [4.78, 5) is 87.3. The average molecular weight is 855 g/mol. The van der Waals surface area contributed by atoms with Crippen molar-refractivity contribution < 1.29 is 76.8 Å². The van der Waals surface area contributed by atoms with E-state index in [0.29, 0.717) is 0 Å². The average Bonchev–Trinajstić information content (AvgIpc) is 3.71. The number of ether oxygens (including phenoxy) is 5. The quantitative estimate of drug-likeness (QED) is 0.0961. The number of aliphatic hydroxyl groups is 4. The summed E-state index contributed by atoms with van der Waals surface area (Å²) in [5.74, 6) is -5.70. The number of aliphatic hydroxyl groups excluding tert-OH is 4. The summed E-state index contributed by atoms with van der Waals surface area (Å²) >= 11 is 0. The van der Waals surface area contributed by atoms with Crippen LogP contribution in [-0.2, 0) is 51.2 Å². The highest BCUT2D eigenvalue weighted by Crippen LogP contribution is 2.42. The van der Waals surface area contributed by atoms with Gasteiger partial charge in [-0.2, -0.15) is 13.2 Å². The third kappa shape index (κ3) is 11.5. The number of hydrogen-bond donors (Lipinski definition) is 8. The van der Waals surface area contributed by atoms with E-state index in [2.05, 4.69) is 5.32 Å². The maximum Gasteiger partial charge on any atom is 0.471 e. The van der Waals surface area contributed by atoms with Gasteiger partial charge in [-0.1, -0.05) is 0 Å². The number of H-pyrrole nitrogens is 2. The number of carboxylic acid groups (broad SMARTS) is 1. The van der Waals surface area contributed by atoms with Gasteiger partial charge in [-0.25, -0.2) is 9.59 Å². The monoisotopic (exact) mass is 854 g/mol. The molecule has 3 saturated heterocycles. The zero-order valence-electron chi connectivity index (χ0n) is 32.1. The summed E-state index contributed by atoms with van der Waals surface area (Å²) in [7, 11) is 0. The number of nitrogens with one attached hydrogen (secondary N) is 3. The summed E-state index contributed by atoms with van der Waals surface area (Å²) in [6.45, 7) is 4.07. The van der Waals surface area contributed by atoms with Gasteiger partial charge in [0.25, 0.3) is 11.1 Å². The van der Waals surface area contributed by atoms with Gasteiger partial charge in [0.1, 0.15) is 48.8 Å². The van der Waals surface area contributed by atoms with Gasteiger partial charge in [-0.15, -0.1) is 0 Å². The van der Waals surface area contributed by atoms with Crippen LogP contribution in [0.2, 0.25) is 0 Å². The predicted molar refractivity (Wildman–Crippen MR) is 187 cm³/mol. The lowest BCUT2D eigenvalue weighted by Crippen LogP contribution is -2.46. The number of rotatable bonds is 12.